The van der Waals surface area contributed by atoms with Crippen LogP contribution in [-0.4, -0.2) is 30.2 Å². The van der Waals surface area contributed by atoms with Gasteiger partial charge in [0.05, 0.1) is 0 Å². The van der Waals surface area contributed by atoms with Gasteiger partial charge in [-0.3, -0.25) is 0 Å². The number of aryl methyl sites for hydroxylation is 1. The number of hydrogen-bond donors (Lipinski definition) is 1. The number of unbranched alkanes of at least 4 members (excludes halogenated alkanes) is 2. The summed E-state index contributed by atoms with van der Waals surface area (Å²) in [4.78, 5) is 2.19. The molecule has 0 aliphatic rings. The predicted molar refractivity (Wildman–Crippen MR) is 68.4 cm³/mol. The first kappa shape index (κ1) is 14.1. The van der Waals surface area contributed by atoms with Gasteiger partial charge < -0.3 is 10.0 Å². The molecule has 17 heavy (non-hydrogen) atoms. The van der Waals surface area contributed by atoms with E-state index in [9.17, 15) is 4.39 Å². The molecule has 0 bridgehead atoms. The van der Waals surface area contributed by atoms with E-state index in [1.807, 2.05) is 20.0 Å². The lowest BCUT2D eigenvalue weighted by Gasteiger charge is -2.17. The Kier molecular flexibility index (Phi) is 6.16. The summed E-state index contributed by atoms with van der Waals surface area (Å²) in [5.74, 6) is -0.167. The van der Waals surface area contributed by atoms with Crippen LogP contribution in [-0.2, 0) is 6.54 Å². The van der Waals surface area contributed by atoms with Crippen LogP contribution >= 0.6 is 0 Å². The van der Waals surface area contributed by atoms with Gasteiger partial charge in [0.25, 0.3) is 0 Å². The summed E-state index contributed by atoms with van der Waals surface area (Å²) in [6, 6.07) is 4.93. The van der Waals surface area contributed by atoms with E-state index in [0.29, 0.717) is 0 Å². The van der Waals surface area contributed by atoms with Gasteiger partial charge in [0.2, 0.25) is 0 Å². The molecule has 1 aromatic carbocycles. The van der Waals surface area contributed by atoms with Gasteiger partial charge in [0.1, 0.15) is 5.82 Å². The molecule has 1 N–H and O–H groups in total. The summed E-state index contributed by atoms with van der Waals surface area (Å²) in [5, 5.41) is 8.68. The molecule has 0 aliphatic carbocycles. The van der Waals surface area contributed by atoms with E-state index in [4.69, 9.17) is 5.11 Å². The molecule has 3 heteroatoms. The van der Waals surface area contributed by atoms with E-state index in [1.54, 1.807) is 6.07 Å². The van der Waals surface area contributed by atoms with Crippen molar-refractivity contribution in [3.63, 3.8) is 0 Å². The molecule has 0 aromatic heterocycles. The van der Waals surface area contributed by atoms with Crippen molar-refractivity contribution in [3.8, 4) is 0 Å². The lowest BCUT2D eigenvalue weighted by atomic mass is 10.1. The van der Waals surface area contributed by atoms with E-state index < -0.39 is 0 Å². The Bertz CT molecular complexity index is 341. The maximum absolute atomic E-state index is 13.1. The zero-order valence-electron chi connectivity index (χ0n) is 10.7. The highest BCUT2D eigenvalue weighted by atomic mass is 19.1. The number of benzene rings is 1. The summed E-state index contributed by atoms with van der Waals surface area (Å²) in [7, 11) is 2.04. The van der Waals surface area contributed by atoms with Gasteiger partial charge in [-0.1, -0.05) is 6.07 Å². The lowest BCUT2D eigenvalue weighted by molar-refractivity contribution is 0.271. The molecular formula is C14H22FNO. The molecule has 0 atom stereocenters. The quantitative estimate of drug-likeness (QED) is 0.740. The Morgan fingerprint density at radius 1 is 1.24 bits per heavy atom. The second-order valence-electron chi connectivity index (χ2n) is 4.59. The Morgan fingerprint density at radius 2 is 2.00 bits per heavy atom. The third-order valence-electron chi connectivity index (χ3n) is 2.95. The Balaban J connectivity index is 2.39. The number of aliphatic hydroxyl groups is 1. The molecule has 0 heterocycles. The molecule has 96 valence electrons. The molecule has 0 saturated heterocycles. The topological polar surface area (TPSA) is 23.5 Å². The van der Waals surface area contributed by atoms with Crippen molar-refractivity contribution in [1.29, 1.82) is 0 Å². The zero-order chi connectivity index (χ0) is 12.7. The normalized spacial score (nSPS) is 11.1. The predicted octanol–water partition coefficient (Wildman–Crippen LogP) is 2.73. The lowest BCUT2D eigenvalue weighted by Crippen LogP contribution is -2.19. The average molecular weight is 239 g/mol. The largest absolute Gasteiger partial charge is 0.396 e. The molecule has 0 spiro atoms. The Morgan fingerprint density at radius 3 is 2.71 bits per heavy atom. The van der Waals surface area contributed by atoms with E-state index in [0.717, 1.165) is 43.5 Å². The van der Waals surface area contributed by atoms with Gasteiger partial charge >= 0.3 is 0 Å². The van der Waals surface area contributed by atoms with Crippen molar-refractivity contribution in [1.82, 2.24) is 4.90 Å². The third-order valence-corrected chi connectivity index (χ3v) is 2.95. The second kappa shape index (κ2) is 7.41. The van der Waals surface area contributed by atoms with Gasteiger partial charge in [-0.2, -0.15) is 0 Å². The molecular weight excluding hydrogens is 217 g/mol. The average Bonchev–Trinajstić information content (AvgIpc) is 2.29. The molecule has 0 radical (unpaired) electrons. The first-order valence-corrected chi connectivity index (χ1v) is 6.18. The van der Waals surface area contributed by atoms with Crippen LogP contribution in [0.3, 0.4) is 0 Å². The third kappa shape index (κ3) is 5.29. The van der Waals surface area contributed by atoms with Crippen molar-refractivity contribution in [2.24, 2.45) is 0 Å². The molecule has 1 rings (SSSR count). The minimum absolute atomic E-state index is 0.167. The molecule has 0 aliphatic heterocycles. The van der Waals surface area contributed by atoms with Crippen LogP contribution in [0.2, 0.25) is 0 Å². The van der Waals surface area contributed by atoms with Crippen LogP contribution in [0, 0.1) is 12.7 Å². The number of nitrogens with zero attached hydrogens (tertiary/aromatic N) is 1. The summed E-state index contributed by atoms with van der Waals surface area (Å²) in [6.45, 7) is 4.04. The van der Waals surface area contributed by atoms with Crippen molar-refractivity contribution >= 4 is 0 Å². The highest BCUT2D eigenvalue weighted by Gasteiger charge is 2.04. The number of hydrogen-bond acceptors (Lipinski definition) is 2. The maximum Gasteiger partial charge on any atom is 0.123 e. The van der Waals surface area contributed by atoms with Crippen LogP contribution in [0.25, 0.3) is 0 Å². The molecule has 0 amide bonds. The highest BCUT2D eigenvalue weighted by Crippen LogP contribution is 2.12. The molecule has 0 unspecified atom stereocenters. The monoisotopic (exact) mass is 239 g/mol. The van der Waals surface area contributed by atoms with E-state index in [2.05, 4.69) is 4.90 Å². The molecule has 2 nitrogen and oxygen atoms in total. The van der Waals surface area contributed by atoms with Crippen LogP contribution in [0.15, 0.2) is 18.2 Å². The molecule has 0 fully saturated rings. The fourth-order valence-corrected chi connectivity index (χ4v) is 1.85. The summed E-state index contributed by atoms with van der Waals surface area (Å²) >= 11 is 0. The number of rotatable bonds is 7. The zero-order valence-corrected chi connectivity index (χ0v) is 10.7. The van der Waals surface area contributed by atoms with E-state index in [-0.39, 0.29) is 12.4 Å². The second-order valence-corrected chi connectivity index (χ2v) is 4.59. The van der Waals surface area contributed by atoms with Crippen LogP contribution in [0.5, 0.6) is 0 Å². The first-order chi connectivity index (χ1) is 8.13. The number of halogens is 1. The molecule has 0 saturated carbocycles. The highest BCUT2D eigenvalue weighted by molar-refractivity contribution is 5.26. The Labute approximate surface area is 103 Å². The van der Waals surface area contributed by atoms with E-state index >= 15 is 0 Å². The van der Waals surface area contributed by atoms with Crippen molar-refractivity contribution in [3.05, 3.63) is 35.1 Å². The van der Waals surface area contributed by atoms with Gasteiger partial charge in [0.15, 0.2) is 0 Å². The SMILES string of the molecule is Cc1ccc(F)cc1CN(C)CCCCCO. The standard InChI is InChI=1S/C14H22FNO/c1-12-6-7-14(15)10-13(12)11-16(2)8-4-3-5-9-17/h6-7,10,17H,3-5,8-9,11H2,1-2H3. The maximum atomic E-state index is 13.1. The van der Waals surface area contributed by atoms with Gasteiger partial charge in [-0.15, -0.1) is 0 Å². The van der Waals surface area contributed by atoms with Crippen LogP contribution in [0.4, 0.5) is 4.39 Å². The van der Waals surface area contributed by atoms with Crippen molar-refractivity contribution in [2.45, 2.75) is 32.7 Å². The fraction of sp³-hybridized carbons (Fsp3) is 0.571. The molecule has 1 aromatic rings. The summed E-state index contributed by atoms with van der Waals surface area (Å²) < 4.78 is 13.1. The minimum atomic E-state index is -0.167. The van der Waals surface area contributed by atoms with Gasteiger partial charge in [0, 0.05) is 13.2 Å². The smallest absolute Gasteiger partial charge is 0.123 e. The van der Waals surface area contributed by atoms with Gasteiger partial charge in [-0.05, 0) is 63.0 Å². The van der Waals surface area contributed by atoms with Crippen molar-refractivity contribution in [2.75, 3.05) is 20.2 Å². The Hall–Kier alpha value is -0.930. The fourth-order valence-electron chi connectivity index (χ4n) is 1.85. The summed E-state index contributed by atoms with van der Waals surface area (Å²) in [6.07, 6.45) is 2.99. The summed E-state index contributed by atoms with van der Waals surface area (Å²) in [5.41, 5.74) is 2.18. The van der Waals surface area contributed by atoms with Gasteiger partial charge in [-0.25, -0.2) is 4.39 Å². The number of aliphatic hydroxyl groups excluding tert-OH is 1. The van der Waals surface area contributed by atoms with E-state index in [1.165, 1.54) is 6.07 Å². The first-order valence-electron chi connectivity index (χ1n) is 6.18. The van der Waals surface area contributed by atoms with Crippen LogP contribution in [0.1, 0.15) is 30.4 Å². The van der Waals surface area contributed by atoms with Crippen LogP contribution < -0.4 is 0 Å². The minimum Gasteiger partial charge on any atom is -0.396 e. The van der Waals surface area contributed by atoms with Crippen molar-refractivity contribution < 1.29 is 9.50 Å².